The Morgan fingerprint density at radius 2 is 1.72 bits per heavy atom. The average molecular weight is 576 g/mol. The number of benzene rings is 1. The predicted octanol–water partition coefficient (Wildman–Crippen LogP) is 4.32. The summed E-state index contributed by atoms with van der Waals surface area (Å²) in [5.74, 6) is 0.766. The molecule has 14 heteroatoms. The molecule has 0 spiro atoms. The molecule has 0 aliphatic carbocycles. The fraction of sp³-hybridized carbons (Fsp3) is 0.320. The summed E-state index contributed by atoms with van der Waals surface area (Å²) in [5.41, 5.74) is 0.735. The number of allylic oxidation sites excluding steroid dienone is 1. The van der Waals surface area contributed by atoms with E-state index in [1.54, 1.807) is 50.2 Å². The van der Waals surface area contributed by atoms with E-state index in [-0.39, 0.29) is 17.6 Å². The van der Waals surface area contributed by atoms with Gasteiger partial charge in [-0.2, -0.15) is 0 Å². The Morgan fingerprint density at radius 1 is 1.08 bits per heavy atom. The van der Waals surface area contributed by atoms with E-state index in [9.17, 15) is 8.42 Å². The monoisotopic (exact) mass is 575 g/mol. The Bertz CT molecular complexity index is 1480. The minimum absolute atomic E-state index is 0.113. The van der Waals surface area contributed by atoms with Crippen LogP contribution in [-0.4, -0.2) is 67.3 Å². The van der Waals surface area contributed by atoms with Gasteiger partial charge in [-0.25, -0.2) is 23.4 Å². The number of nitrogens with one attached hydrogen (secondary N) is 1. The lowest BCUT2D eigenvalue weighted by Gasteiger charge is -2.21. The summed E-state index contributed by atoms with van der Waals surface area (Å²) in [6.45, 7) is 8.36. The van der Waals surface area contributed by atoms with Crippen molar-refractivity contribution in [3.63, 3.8) is 0 Å². The van der Waals surface area contributed by atoms with Crippen LogP contribution in [0.4, 0.5) is 5.95 Å². The molecule has 3 aromatic rings. The van der Waals surface area contributed by atoms with Gasteiger partial charge in [-0.3, -0.25) is 9.29 Å². The zero-order chi connectivity index (χ0) is 28.7. The van der Waals surface area contributed by atoms with Crippen molar-refractivity contribution in [3.05, 3.63) is 47.6 Å². The zero-order valence-corrected chi connectivity index (χ0v) is 24.0. The minimum atomic E-state index is -4.08. The number of rotatable bonds is 11. The number of nitrogens with zero attached hydrogens (tertiary/aromatic N) is 6. The summed E-state index contributed by atoms with van der Waals surface area (Å²) in [4.78, 5) is 12.5. The SMILES string of the molecule is C=NC(=N/C=C(\C)Cl)[C@@H](C)[C@H](C)S(=O)(=O)Nc1nnc(-c2cccc(OC)n2)n1-c1c(OC)cccc1OC. The van der Waals surface area contributed by atoms with Crippen molar-refractivity contribution in [2.24, 2.45) is 15.9 Å². The maximum absolute atomic E-state index is 13.6. The lowest BCUT2D eigenvalue weighted by atomic mass is 10.1. The summed E-state index contributed by atoms with van der Waals surface area (Å²) < 4.78 is 47.6. The molecule has 0 aliphatic rings. The Hall–Kier alpha value is -3.97. The number of amidine groups is 1. The van der Waals surface area contributed by atoms with E-state index in [4.69, 9.17) is 25.8 Å². The first kappa shape index (κ1) is 29.6. The molecule has 0 radical (unpaired) electrons. The molecule has 0 bridgehead atoms. The summed E-state index contributed by atoms with van der Waals surface area (Å²) >= 11 is 5.87. The quantitative estimate of drug-likeness (QED) is 0.263. The van der Waals surface area contributed by atoms with Crippen LogP contribution in [0.5, 0.6) is 17.4 Å². The maximum Gasteiger partial charge on any atom is 0.243 e. The highest BCUT2D eigenvalue weighted by atomic mass is 35.5. The van der Waals surface area contributed by atoms with Crippen LogP contribution in [0.25, 0.3) is 17.2 Å². The number of anilines is 1. The second kappa shape index (κ2) is 12.7. The Morgan fingerprint density at radius 3 is 2.28 bits per heavy atom. The molecular formula is C25H30ClN7O5S. The van der Waals surface area contributed by atoms with E-state index < -0.39 is 21.2 Å². The van der Waals surface area contributed by atoms with Crippen molar-refractivity contribution in [3.8, 4) is 34.6 Å². The highest BCUT2D eigenvalue weighted by molar-refractivity contribution is 7.93. The van der Waals surface area contributed by atoms with E-state index in [2.05, 4.69) is 36.6 Å². The van der Waals surface area contributed by atoms with Gasteiger partial charge in [0.2, 0.25) is 21.9 Å². The zero-order valence-electron chi connectivity index (χ0n) is 22.4. The second-order valence-electron chi connectivity index (χ2n) is 8.26. The highest BCUT2D eigenvalue weighted by Gasteiger charge is 2.33. The fourth-order valence-corrected chi connectivity index (χ4v) is 4.87. The molecule has 39 heavy (non-hydrogen) atoms. The van der Waals surface area contributed by atoms with Gasteiger partial charge in [-0.15, -0.1) is 10.2 Å². The lowest BCUT2D eigenvalue weighted by molar-refractivity contribution is 0.391. The van der Waals surface area contributed by atoms with Crippen LogP contribution in [0.2, 0.25) is 0 Å². The van der Waals surface area contributed by atoms with Gasteiger partial charge in [0.05, 0.1) is 26.6 Å². The molecule has 208 valence electrons. The molecule has 0 fully saturated rings. The first-order valence-corrected chi connectivity index (χ1v) is 13.6. The van der Waals surface area contributed by atoms with Gasteiger partial charge in [-0.1, -0.05) is 30.7 Å². The van der Waals surface area contributed by atoms with Crippen molar-refractivity contribution >= 4 is 40.1 Å². The van der Waals surface area contributed by atoms with Crippen molar-refractivity contribution in [1.29, 1.82) is 0 Å². The molecule has 0 amide bonds. The number of pyridine rings is 1. The van der Waals surface area contributed by atoms with Crippen molar-refractivity contribution in [2.75, 3.05) is 26.1 Å². The molecule has 3 rings (SSSR count). The Balaban J connectivity index is 2.18. The first-order valence-electron chi connectivity index (χ1n) is 11.6. The number of ether oxygens (including phenoxy) is 3. The highest BCUT2D eigenvalue weighted by Crippen LogP contribution is 2.37. The largest absolute Gasteiger partial charge is 0.494 e. The topological polar surface area (TPSA) is 142 Å². The molecule has 0 saturated heterocycles. The molecular weight excluding hydrogens is 546 g/mol. The molecule has 2 heterocycles. The van der Waals surface area contributed by atoms with E-state index >= 15 is 0 Å². The number of aromatic nitrogens is 4. The normalized spacial score (nSPS) is 13.9. The van der Waals surface area contributed by atoms with E-state index in [0.717, 1.165) is 0 Å². The number of para-hydroxylation sites is 1. The fourth-order valence-electron chi connectivity index (χ4n) is 3.59. The standard InChI is InChI=1S/C25H30ClN7O5S/c1-15(26)14-28-23(27-4)16(2)17(3)39(34,35)32-25-31-30-24(18-10-8-13-21(29-18)38-7)33(25)22-19(36-5)11-9-12-20(22)37-6/h8-14,16-17H,4H2,1-3,5-7H3,(H,31,32)/b15-14+,28-23?/t16-,17-/m0/s1. The minimum Gasteiger partial charge on any atom is -0.494 e. The summed E-state index contributed by atoms with van der Waals surface area (Å²) in [7, 11) is 0.380. The second-order valence-corrected chi connectivity index (χ2v) is 10.9. The van der Waals surface area contributed by atoms with E-state index in [1.165, 1.54) is 39.0 Å². The van der Waals surface area contributed by atoms with E-state index in [0.29, 0.717) is 33.8 Å². The van der Waals surface area contributed by atoms with Gasteiger partial charge >= 0.3 is 0 Å². The average Bonchev–Trinajstić information content (AvgIpc) is 3.34. The summed E-state index contributed by atoms with van der Waals surface area (Å²) in [6, 6.07) is 10.2. The third-order valence-corrected chi connectivity index (χ3v) is 7.77. The third kappa shape index (κ3) is 6.55. The molecule has 1 N–H and O–H groups in total. The smallest absolute Gasteiger partial charge is 0.243 e. The number of hydrogen-bond acceptors (Lipinski definition) is 9. The maximum atomic E-state index is 13.6. The van der Waals surface area contributed by atoms with Crippen LogP contribution >= 0.6 is 11.6 Å². The van der Waals surface area contributed by atoms with Crippen LogP contribution in [-0.2, 0) is 10.0 Å². The molecule has 0 aliphatic heterocycles. The van der Waals surface area contributed by atoms with Crippen LogP contribution in [0.3, 0.4) is 0 Å². The third-order valence-electron chi connectivity index (χ3n) is 5.82. The van der Waals surface area contributed by atoms with Crippen LogP contribution < -0.4 is 18.9 Å². The van der Waals surface area contributed by atoms with Gasteiger partial charge in [0.25, 0.3) is 0 Å². The first-order chi connectivity index (χ1) is 18.6. The van der Waals surface area contributed by atoms with Crippen molar-refractivity contribution < 1.29 is 22.6 Å². The number of methoxy groups -OCH3 is 3. The Labute approximate surface area is 232 Å². The lowest BCUT2D eigenvalue weighted by Crippen LogP contribution is -2.35. The van der Waals surface area contributed by atoms with Crippen LogP contribution in [0.1, 0.15) is 20.8 Å². The van der Waals surface area contributed by atoms with Gasteiger partial charge in [0.15, 0.2) is 5.82 Å². The summed E-state index contributed by atoms with van der Waals surface area (Å²) in [6.07, 6.45) is 1.38. The molecule has 0 unspecified atom stereocenters. The molecule has 1 aromatic carbocycles. The van der Waals surface area contributed by atoms with Crippen LogP contribution in [0, 0.1) is 5.92 Å². The van der Waals surface area contributed by atoms with Gasteiger partial charge in [-0.05, 0) is 38.8 Å². The van der Waals surface area contributed by atoms with Crippen molar-refractivity contribution in [1.82, 2.24) is 19.7 Å². The van der Waals surface area contributed by atoms with Crippen molar-refractivity contribution in [2.45, 2.75) is 26.0 Å². The number of hydrogen-bond donors (Lipinski definition) is 1. The number of sulfonamides is 1. The number of halogens is 1. The Kier molecular flexibility index (Phi) is 9.65. The summed E-state index contributed by atoms with van der Waals surface area (Å²) in [5, 5.41) is 7.83. The number of aliphatic imine (C=N–C) groups is 2. The van der Waals surface area contributed by atoms with Gasteiger partial charge in [0, 0.05) is 23.2 Å². The van der Waals surface area contributed by atoms with Crippen LogP contribution in [0.15, 0.2) is 57.6 Å². The predicted molar refractivity (Wildman–Crippen MR) is 152 cm³/mol. The molecule has 0 saturated carbocycles. The molecule has 2 atom stereocenters. The molecule has 2 aromatic heterocycles. The van der Waals surface area contributed by atoms with E-state index in [1.807, 2.05) is 0 Å². The van der Waals surface area contributed by atoms with Gasteiger partial charge in [0.1, 0.15) is 28.7 Å². The molecule has 12 nitrogen and oxygen atoms in total. The van der Waals surface area contributed by atoms with Gasteiger partial charge < -0.3 is 14.2 Å².